The van der Waals surface area contributed by atoms with E-state index in [-0.39, 0.29) is 0 Å². The molecule has 1 aliphatic heterocycles. The summed E-state index contributed by atoms with van der Waals surface area (Å²) in [6, 6.07) is 6.38. The normalized spacial score (nSPS) is 17.9. The van der Waals surface area contributed by atoms with Gasteiger partial charge in [-0.15, -0.1) is 11.3 Å². The molecular formula is C14H17NOS. The van der Waals surface area contributed by atoms with Crippen LogP contribution in [0, 0.1) is 0 Å². The molecule has 0 spiro atoms. The molecule has 3 heteroatoms. The first-order valence-electron chi connectivity index (χ1n) is 6.15. The molecular weight excluding hydrogens is 230 g/mol. The smallest absolute Gasteiger partial charge is 0.128 e. The van der Waals surface area contributed by atoms with Gasteiger partial charge in [0, 0.05) is 23.2 Å². The molecule has 0 aliphatic carbocycles. The first-order chi connectivity index (χ1) is 8.34. The van der Waals surface area contributed by atoms with Crippen LogP contribution >= 0.6 is 11.3 Å². The van der Waals surface area contributed by atoms with Crippen molar-refractivity contribution in [3.8, 4) is 5.75 Å². The standard InChI is InChI=1S/C14H17NOS/c1-15-7-3-9-16-12-4-2-5-13-14(12)11(6-8-15)10-17-13/h2,4-5,10H,3,6-9H2,1H3. The Balaban J connectivity index is 2.05. The third-order valence-corrected chi connectivity index (χ3v) is 4.34. The Morgan fingerprint density at radius 3 is 3.18 bits per heavy atom. The molecule has 0 atom stereocenters. The van der Waals surface area contributed by atoms with E-state index in [9.17, 15) is 0 Å². The predicted molar refractivity (Wildman–Crippen MR) is 73.1 cm³/mol. The Morgan fingerprint density at radius 1 is 1.29 bits per heavy atom. The molecule has 0 bridgehead atoms. The summed E-state index contributed by atoms with van der Waals surface area (Å²) >= 11 is 1.83. The third kappa shape index (κ3) is 2.17. The molecule has 0 N–H and O–H groups in total. The summed E-state index contributed by atoms with van der Waals surface area (Å²) in [5.74, 6) is 1.07. The van der Waals surface area contributed by atoms with E-state index in [1.807, 2.05) is 11.3 Å². The second-order valence-electron chi connectivity index (χ2n) is 4.65. The van der Waals surface area contributed by atoms with Crippen molar-refractivity contribution >= 4 is 21.4 Å². The second kappa shape index (κ2) is 4.67. The van der Waals surface area contributed by atoms with Crippen LogP contribution < -0.4 is 4.74 Å². The van der Waals surface area contributed by atoms with E-state index < -0.39 is 0 Å². The summed E-state index contributed by atoms with van der Waals surface area (Å²) in [6.45, 7) is 3.08. The van der Waals surface area contributed by atoms with Crippen LogP contribution in [0.2, 0.25) is 0 Å². The average molecular weight is 247 g/mol. The van der Waals surface area contributed by atoms with Gasteiger partial charge in [0.15, 0.2) is 0 Å². The molecule has 0 radical (unpaired) electrons. The minimum atomic E-state index is 0.818. The molecule has 0 unspecified atom stereocenters. The van der Waals surface area contributed by atoms with Crippen LogP contribution in [0.5, 0.6) is 5.75 Å². The van der Waals surface area contributed by atoms with Crippen molar-refractivity contribution in [2.75, 3.05) is 26.7 Å². The second-order valence-corrected chi connectivity index (χ2v) is 5.56. The van der Waals surface area contributed by atoms with Gasteiger partial charge in [0.2, 0.25) is 0 Å². The van der Waals surface area contributed by atoms with Gasteiger partial charge in [-0.3, -0.25) is 0 Å². The fourth-order valence-electron chi connectivity index (χ4n) is 2.36. The van der Waals surface area contributed by atoms with Crippen molar-refractivity contribution in [1.82, 2.24) is 4.90 Å². The maximum absolute atomic E-state index is 5.92. The maximum Gasteiger partial charge on any atom is 0.128 e. The number of rotatable bonds is 0. The molecule has 1 aromatic carbocycles. The first kappa shape index (κ1) is 11.1. The van der Waals surface area contributed by atoms with Crippen molar-refractivity contribution in [2.45, 2.75) is 12.8 Å². The van der Waals surface area contributed by atoms with Gasteiger partial charge in [0.25, 0.3) is 0 Å². The van der Waals surface area contributed by atoms with Gasteiger partial charge in [-0.1, -0.05) is 6.07 Å². The molecule has 2 nitrogen and oxygen atoms in total. The zero-order chi connectivity index (χ0) is 11.7. The minimum Gasteiger partial charge on any atom is -0.493 e. The Hall–Kier alpha value is -1.06. The fraction of sp³-hybridized carbons (Fsp3) is 0.429. The molecule has 0 saturated carbocycles. The summed E-state index contributed by atoms with van der Waals surface area (Å²) in [5, 5.41) is 3.63. The van der Waals surface area contributed by atoms with Gasteiger partial charge >= 0.3 is 0 Å². The van der Waals surface area contributed by atoms with Crippen LogP contribution in [0.4, 0.5) is 0 Å². The van der Waals surface area contributed by atoms with Gasteiger partial charge in [-0.2, -0.15) is 0 Å². The molecule has 90 valence electrons. The monoisotopic (exact) mass is 247 g/mol. The summed E-state index contributed by atoms with van der Waals surface area (Å²) in [4.78, 5) is 2.39. The van der Waals surface area contributed by atoms with Crippen LogP contribution in [0.1, 0.15) is 12.0 Å². The highest BCUT2D eigenvalue weighted by Crippen LogP contribution is 2.34. The zero-order valence-electron chi connectivity index (χ0n) is 10.1. The van der Waals surface area contributed by atoms with E-state index in [0.29, 0.717) is 0 Å². The Bertz CT molecular complexity index is 520. The summed E-state index contributed by atoms with van der Waals surface area (Å²) < 4.78 is 7.27. The Morgan fingerprint density at radius 2 is 2.24 bits per heavy atom. The lowest BCUT2D eigenvalue weighted by Crippen LogP contribution is -2.24. The van der Waals surface area contributed by atoms with Crippen LogP contribution in [0.15, 0.2) is 23.6 Å². The van der Waals surface area contributed by atoms with Gasteiger partial charge in [-0.05, 0) is 43.0 Å². The van der Waals surface area contributed by atoms with Crippen molar-refractivity contribution in [3.05, 3.63) is 29.1 Å². The van der Waals surface area contributed by atoms with Gasteiger partial charge in [0.1, 0.15) is 5.75 Å². The van der Waals surface area contributed by atoms with Crippen molar-refractivity contribution in [1.29, 1.82) is 0 Å². The van der Waals surface area contributed by atoms with Gasteiger partial charge in [-0.25, -0.2) is 0 Å². The van der Waals surface area contributed by atoms with Crippen LogP contribution in [0.3, 0.4) is 0 Å². The van der Waals surface area contributed by atoms with Crippen LogP contribution in [-0.4, -0.2) is 31.6 Å². The Labute approximate surface area is 106 Å². The van der Waals surface area contributed by atoms with Gasteiger partial charge in [0.05, 0.1) is 6.61 Å². The molecule has 0 saturated heterocycles. The summed E-state index contributed by atoms with van der Waals surface area (Å²) in [5.41, 5.74) is 1.44. The van der Waals surface area contributed by atoms with E-state index in [2.05, 4.69) is 35.5 Å². The molecule has 3 rings (SSSR count). The first-order valence-corrected chi connectivity index (χ1v) is 7.03. The highest BCUT2D eigenvalue weighted by molar-refractivity contribution is 7.17. The largest absolute Gasteiger partial charge is 0.493 e. The van der Waals surface area contributed by atoms with Crippen molar-refractivity contribution in [3.63, 3.8) is 0 Å². The zero-order valence-corrected chi connectivity index (χ0v) is 10.9. The lowest BCUT2D eigenvalue weighted by Gasteiger charge is -2.19. The highest BCUT2D eigenvalue weighted by atomic mass is 32.1. The Kier molecular flexibility index (Phi) is 3.04. The molecule has 1 aromatic heterocycles. The number of hydrogen-bond donors (Lipinski definition) is 0. The van der Waals surface area contributed by atoms with Crippen LogP contribution in [-0.2, 0) is 6.42 Å². The number of benzene rings is 1. The van der Waals surface area contributed by atoms with Crippen molar-refractivity contribution in [2.24, 2.45) is 0 Å². The average Bonchev–Trinajstić information content (AvgIpc) is 2.76. The van der Waals surface area contributed by atoms with E-state index in [1.54, 1.807) is 0 Å². The lowest BCUT2D eigenvalue weighted by atomic mass is 10.1. The van der Waals surface area contributed by atoms with E-state index in [0.717, 1.165) is 38.3 Å². The fourth-order valence-corrected chi connectivity index (χ4v) is 3.37. The quantitative estimate of drug-likeness (QED) is 0.709. The van der Waals surface area contributed by atoms with Crippen molar-refractivity contribution < 1.29 is 4.74 Å². The molecule has 0 amide bonds. The molecule has 17 heavy (non-hydrogen) atoms. The number of nitrogens with zero attached hydrogens (tertiary/aromatic N) is 1. The molecule has 2 aromatic rings. The molecule has 2 heterocycles. The van der Waals surface area contributed by atoms with Crippen LogP contribution in [0.25, 0.3) is 10.1 Å². The van der Waals surface area contributed by atoms with E-state index in [1.165, 1.54) is 15.6 Å². The lowest BCUT2D eigenvalue weighted by molar-refractivity contribution is 0.263. The maximum atomic E-state index is 5.92. The highest BCUT2D eigenvalue weighted by Gasteiger charge is 2.12. The molecule has 1 aliphatic rings. The van der Waals surface area contributed by atoms with Gasteiger partial charge < -0.3 is 9.64 Å². The minimum absolute atomic E-state index is 0.818. The van der Waals surface area contributed by atoms with E-state index in [4.69, 9.17) is 4.74 Å². The van der Waals surface area contributed by atoms with E-state index >= 15 is 0 Å². The number of thiophene rings is 1. The third-order valence-electron chi connectivity index (χ3n) is 3.34. The topological polar surface area (TPSA) is 12.5 Å². The molecule has 0 fully saturated rings. The number of ether oxygens (including phenoxy) is 1. The summed E-state index contributed by atoms with van der Waals surface area (Å²) in [6.07, 6.45) is 2.23. The predicted octanol–water partition coefficient (Wildman–Crippen LogP) is 3.16. The number of hydrogen-bond acceptors (Lipinski definition) is 3. The number of likely N-dealkylation sites (N-methyl/N-ethyl adjacent to an activating group) is 1. The summed E-state index contributed by atoms with van der Waals surface area (Å²) in [7, 11) is 2.19. The SMILES string of the molecule is CN1CCCOc2cccc3scc(c23)CC1.